The third-order valence-corrected chi connectivity index (χ3v) is 4.99. The normalized spacial score (nSPS) is 10.9. The van der Waals surface area contributed by atoms with Gasteiger partial charge in [-0.25, -0.2) is 9.78 Å². The molecule has 160 valence electrons. The molecule has 0 aliphatic heterocycles. The topological polar surface area (TPSA) is 109 Å². The highest BCUT2D eigenvalue weighted by Crippen LogP contribution is 2.24. The molecule has 0 aliphatic rings. The van der Waals surface area contributed by atoms with Crippen LogP contribution in [0.25, 0.3) is 11.2 Å². The Bertz CT molecular complexity index is 1190. The summed E-state index contributed by atoms with van der Waals surface area (Å²) < 4.78 is 14.6. The van der Waals surface area contributed by atoms with E-state index in [2.05, 4.69) is 10.3 Å². The maximum Gasteiger partial charge on any atom is 0.332 e. The molecule has 2 heterocycles. The average Bonchev–Trinajstić information content (AvgIpc) is 3.18. The van der Waals surface area contributed by atoms with Crippen molar-refractivity contribution in [1.29, 1.82) is 0 Å². The minimum Gasteiger partial charge on any atom is -0.497 e. The van der Waals surface area contributed by atoms with Crippen molar-refractivity contribution in [2.24, 2.45) is 14.1 Å². The van der Waals surface area contributed by atoms with Crippen LogP contribution >= 0.6 is 0 Å². The monoisotopic (exact) mass is 415 g/mol. The molecule has 0 bridgehead atoms. The summed E-state index contributed by atoms with van der Waals surface area (Å²) in [5.41, 5.74) is 0.700. The number of carbonyl (C=O) groups is 1. The van der Waals surface area contributed by atoms with Crippen LogP contribution in [0, 0.1) is 0 Å². The third-order valence-electron chi connectivity index (χ3n) is 4.99. The summed E-state index contributed by atoms with van der Waals surface area (Å²) in [5.74, 6) is 1.21. The lowest BCUT2D eigenvalue weighted by molar-refractivity contribution is -0.121. The standard InChI is InChI=1S/C20H25N5O5/c1-23-18-17(19(27)24(2)20(23)28)25(12-22-18)9-5-6-16(26)21-11-13-7-8-14(29-3)10-15(13)30-4/h7-8,10,12H,5-6,9,11H2,1-4H3,(H,21,26). The van der Waals surface area contributed by atoms with Gasteiger partial charge in [0.25, 0.3) is 5.56 Å². The number of imidazole rings is 1. The highest BCUT2D eigenvalue weighted by atomic mass is 16.5. The average molecular weight is 415 g/mol. The molecule has 2 aromatic heterocycles. The zero-order valence-electron chi connectivity index (χ0n) is 17.5. The molecule has 0 fully saturated rings. The Hall–Kier alpha value is -3.56. The van der Waals surface area contributed by atoms with Crippen molar-refractivity contribution in [2.45, 2.75) is 25.9 Å². The van der Waals surface area contributed by atoms with E-state index >= 15 is 0 Å². The van der Waals surface area contributed by atoms with Crippen molar-refractivity contribution in [3.05, 3.63) is 50.9 Å². The van der Waals surface area contributed by atoms with Crippen LogP contribution in [0.5, 0.6) is 11.5 Å². The third kappa shape index (κ3) is 4.07. The number of hydrogen-bond acceptors (Lipinski definition) is 6. The van der Waals surface area contributed by atoms with Crippen LogP contribution in [-0.2, 0) is 32.0 Å². The first-order valence-electron chi connectivity index (χ1n) is 9.45. The summed E-state index contributed by atoms with van der Waals surface area (Å²) in [6, 6.07) is 5.41. The molecule has 0 unspecified atom stereocenters. The molecule has 0 spiro atoms. The number of amides is 1. The van der Waals surface area contributed by atoms with Gasteiger partial charge in [-0.05, 0) is 18.6 Å². The number of fused-ring (bicyclic) bond motifs is 1. The number of aromatic nitrogens is 4. The van der Waals surface area contributed by atoms with E-state index in [1.54, 1.807) is 31.9 Å². The van der Waals surface area contributed by atoms with Gasteiger partial charge < -0.3 is 19.4 Å². The molecule has 10 heteroatoms. The predicted molar refractivity (Wildman–Crippen MR) is 111 cm³/mol. The Kier molecular flexibility index (Phi) is 6.24. The van der Waals surface area contributed by atoms with Gasteiger partial charge >= 0.3 is 5.69 Å². The number of aryl methyl sites for hydroxylation is 2. The van der Waals surface area contributed by atoms with Crippen molar-refractivity contribution >= 4 is 17.1 Å². The SMILES string of the molecule is COc1ccc(CNC(=O)CCCn2cnc3c2c(=O)n(C)c(=O)n3C)c(OC)c1. The van der Waals surface area contributed by atoms with Crippen molar-refractivity contribution < 1.29 is 14.3 Å². The zero-order chi connectivity index (χ0) is 21.8. The molecule has 0 radical (unpaired) electrons. The molecule has 0 saturated heterocycles. The van der Waals surface area contributed by atoms with Gasteiger partial charge in [-0.1, -0.05) is 0 Å². The van der Waals surface area contributed by atoms with Gasteiger partial charge in [0, 0.05) is 45.2 Å². The fourth-order valence-electron chi connectivity index (χ4n) is 3.26. The van der Waals surface area contributed by atoms with Crippen molar-refractivity contribution in [2.75, 3.05) is 14.2 Å². The van der Waals surface area contributed by atoms with Crippen LogP contribution in [0.3, 0.4) is 0 Å². The molecule has 1 amide bonds. The van der Waals surface area contributed by atoms with E-state index < -0.39 is 11.2 Å². The van der Waals surface area contributed by atoms with E-state index in [0.717, 1.165) is 10.1 Å². The van der Waals surface area contributed by atoms with Crippen molar-refractivity contribution in [1.82, 2.24) is 24.0 Å². The number of benzene rings is 1. The molecule has 0 atom stereocenters. The minimum absolute atomic E-state index is 0.113. The van der Waals surface area contributed by atoms with Gasteiger partial charge in [-0.15, -0.1) is 0 Å². The number of nitrogens with one attached hydrogen (secondary N) is 1. The maximum atomic E-state index is 12.4. The first-order chi connectivity index (χ1) is 14.4. The highest BCUT2D eigenvalue weighted by Gasteiger charge is 2.14. The molecular formula is C20H25N5O5. The van der Waals surface area contributed by atoms with Crippen LogP contribution in [0.15, 0.2) is 34.1 Å². The fourth-order valence-corrected chi connectivity index (χ4v) is 3.26. The van der Waals surface area contributed by atoms with Gasteiger partial charge in [0.05, 0.1) is 20.5 Å². The molecule has 3 aromatic rings. The van der Waals surface area contributed by atoms with Gasteiger partial charge in [-0.3, -0.25) is 18.7 Å². The van der Waals surface area contributed by atoms with Crippen molar-refractivity contribution in [3.63, 3.8) is 0 Å². The summed E-state index contributed by atoms with van der Waals surface area (Å²) in [6.45, 7) is 0.770. The Balaban J connectivity index is 1.61. The quantitative estimate of drug-likeness (QED) is 0.575. The Morgan fingerprint density at radius 2 is 1.90 bits per heavy atom. The van der Waals surface area contributed by atoms with Crippen LogP contribution in [0.1, 0.15) is 18.4 Å². The number of carbonyl (C=O) groups excluding carboxylic acids is 1. The van der Waals surface area contributed by atoms with E-state index in [4.69, 9.17) is 9.47 Å². The summed E-state index contributed by atoms with van der Waals surface area (Å²) in [6.07, 6.45) is 2.32. The lowest BCUT2D eigenvalue weighted by atomic mass is 10.2. The largest absolute Gasteiger partial charge is 0.497 e. The molecule has 1 aromatic carbocycles. The summed E-state index contributed by atoms with van der Waals surface area (Å²) >= 11 is 0. The Labute approximate surface area is 172 Å². The van der Waals surface area contributed by atoms with Gasteiger partial charge in [0.2, 0.25) is 5.91 Å². The summed E-state index contributed by atoms with van der Waals surface area (Å²) in [7, 11) is 6.15. The van der Waals surface area contributed by atoms with Gasteiger partial charge in [-0.2, -0.15) is 0 Å². The summed E-state index contributed by atoms with van der Waals surface area (Å²) in [5, 5.41) is 2.87. The fraction of sp³-hybridized carbons (Fsp3) is 0.400. The first kappa shape index (κ1) is 21.2. The maximum absolute atomic E-state index is 12.4. The number of ether oxygens (including phenoxy) is 2. The van der Waals surface area contributed by atoms with E-state index in [1.807, 2.05) is 12.1 Å². The van der Waals surface area contributed by atoms with E-state index in [0.29, 0.717) is 42.2 Å². The van der Waals surface area contributed by atoms with Crippen LogP contribution in [-0.4, -0.2) is 38.8 Å². The second-order valence-corrected chi connectivity index (χ2v) is 6.87. The summed E-state index contributed by atoms with van der Waals surface area (Å²) in [4.78, 5) is 40.8. The van der Waals surface area contributed by atoms with E-state index in [-0.39, 0.29) is 12.3 Å². The van der Waals surface area contributed by atoms with Crippen LogP contribution in [0.2, 0.25) is 0 Å². The second-order valence-electron chi connectivity index (χ2n) is 6.87. The number of hydrogen-bond donors (Lipinski definition) is 1. The molecular weight excluding hydrogens is 390 g/mol. The molecule has 0 aliphatic carbocycles. The molecule has 3 rings (SSSR count). The molecule has 0 saturated carbocycles. The van der Waals surface area contributed by atoms with E-state index in [9.17, 15) is 14.4 Å². The Morgan fingerprint density at radius 1 is 1.13 bits per heavy atom. The highest BCUT2D eigenvalue weighted by molar-refractivity contribution is 5.76. The van der Waals surface area contributed by atoms with Gasteiger partial charge in [0.1, 0.15) is 11.5 Å². The zero-order valence-corrected chi connectivity index (χ0v) is 17.5. The van der Waals surface area contributed by atoms with E-state index in [1.165, 1.54) is 17.9 Å². The number of methoxy groups -OCH3 is 2. The van der Waals surface area contributed by atoms with Gasteiger partial charge in [0.15, 0.2) is 11.2 Å². The number of nitrogens with zero attached hydrogens (tertiary/aromatic N) is 4. The molecule has 30 heavy (non-hydrogen) atoms. The first-order valence-corrected chi connectivity index (χ1v) is 9.45. The molecule has 1 N–H and O–H groups in total. The predicted octanol–water partition coefficient (Wildman–Crippen LogP) is 0.548. The van der Waals surface area contributed by atoms with Crippen LogP contribution < -0.4 is 26.0 Å². The number of rotatable bonds is 8. The lowest BCUT2D eigenvalue weighted by Gasteiger charge is -2.11. The lowest BCUT2D eigenvalue weighted by Crippen LogP contribution is -2.37. The smallest absolute Gasteiger partial charge is 0.332 e. The Morgan fingerprint density at radius 3 is 2.60 bits per heavy atom. The van der Waals surface area contributed by atoms with Crippen LogP contribution in [0.4, 0.5) is 0 Å². The molecule has 10 nitrogen and oxygen atoms in total. The minimum atomic E-state index is -0.425. The van der Waals surface area contributed by atoms with Crippen molar-refractivity contribution in [3.8, 4) is 11.5 Å². The second kappa shape index (κ2) is 8.85.